The highest BCUT2D eigenvalue weighted by Crippen LogP contribution is 2.23. The first kappa shape index (κ1) is 19.2. The quantitative estimate of drug-likeness (QED) is 0.618. The Kier molecular flexibility index (Phi) is 6.91. The van der Waals surface area contributed by atoms with E-state index in [9.17, 15) is 0 Å². The first-order valence-corrected chi connectivity index (χ1v) is 9.89. The maximum Gasteiger partial charge on any atom is 0.194 e. The number of ether oxygens (including phenoxy) is 2. The molecule has 0 radical (unpaired) electrons. The maximum atomic E-state index is 5.93. The van der Waals surface area contributed by atoms with Crippen molar-refractivity contribution in [2.75, 3.05) is 33.4 Å². The predicted molar refractivity (Wildman–Crippen MR) is 100 cm³/mol. The van der Waals surface area contributed by atoms with Gasteiger partial charge in [-0.3, -0.25) is 4.99 Å². The van der Waals surface area contributed by atoms with Gasteiger partial charge in [-0.15, -0.1) is 0 Å². The Morgan fingerprint density at radius 2 is 2.12 bits per heavy atom. The van der Waals surface area contributed by atoms with Crippen LogP contribution in [0.1, 0.15) is 56.9 Å². The third kappa shape index (κ3) is 4.57. The van der Waals surface area contributed by atoms with E-state index in [1.165, 1.54) is 0 Å². The van der Waals surface area contributed by atoms with Crippen LogP contribution >= 0.6 is 0 Å². The van der Waals surface area contributed by atoms with Crippen molar-refractivity contribution in [1.82, 2.24) is 15.4 Å². The number of hydrogen-bond acceptors (Lipinski definition) is 5. The SMILES string of the molecule is CCC(CC)c1cc(CNC(=NC)N2CCOC(C3CCCO3)C2)on1. The molecule has 0 amide bonds. The molecule has 1 aromatic heterocycles. The first-order valence-electron chi connectivity index (χ1n) is 9.89. The number of hydrogen-bond donors (Lipinski definition) is 1. The van der Waals surface area contributed by atoms with Crippen molar-refractivity contribution in [3.8, 4) is 0 Å². The highest BCUT2D eigenvalue weighted by Gasteiger charge is 2.32. The molecule has 2 aliphatic rings. The molecule has 0 aromatic carbocycles. The van der Waals surface area contributed by atoms with Crippen LogP contribution < -0.4 is 5.32 Å². The summed E-state index contributed by atoms with van der Waals surface area (Å²) in [6.07, 6.45) is 4.71. The summed E-state index contributed by atoms with van der Waals surface area (Å²) in [5.74, 6) is 2.19. The molecular formula is C19H32N4O3. The number of nitrogens with zero attached hydrogens (tertiary/aromatic N) is 3. The summed E-state index contributed by atoms with van der Waals surface area (Å²) in [5.41, 5.74) is 1.05. The summed E-state index contributed by atoms with van der Waals surface area (Å²) in [5, 5.41) is 7.63. The second-order valence-electron chi connectivity index (χ2n) is 7.04. The van der Waals surface area contributed by atoms with E-state index in [2.05, 4.69) is 40.3 Å². The lowest BCUT2D eigenvalue weighted by atomic mass is 9.99. The van der Waals surface area contributed by atoms with Gasteiger partial charge in [-0.1, -0.05) is 19.0 Å². The molecule has 3 rings (SSSR count). The second-order valence-corrected chi connectivity index (χ2v) is 7.04. The number of morpholine rings is 1. The number of nitrogens with one attached hydrogen (secondary N) is 1. The smallest absolute Gasteiger partial charge is 0.194 e. The first-order chi connectivity index (χ1) is 12.7. The number of rotatable bonds is 6. The second kappa shape index (κ2) is 9.37. The van der Waals surface area contributed by atoms with Gasteiger partial charge in [0.25, 0.3) is 0 Å². The van der Waals surface area contributed by atoms with Gasteiger partial charge in [-0.25, -0.2) is 0 Å². The fraction of sp³-hybridized carbons (Fsp3) is 0.789. The molecule has 2 aliphatic heterocycles. The molecule has 1 N–H and O–H groups in total. The highest BCUT2D eigenvalue weighted by molar-refractivity contribution is 5.79. The highest BCUT2D eigenvalue weighted by atomic mass is 16.5. The molecule has 1 aromatic rings. The van der Waals surface area contributed by atoms with E-state index in [1.807, 2.05) is 7.05 Å². The fourth-order valence-electron chi connectivity index (χ4n) is 3.80. The number of aliphatic imine (C=N–C) groups is 1. The summed E-state index contributed by atoms with van der Waals surface area (Å²) in [6, 6.07) is 2.06. The van der Waals surface area contributed by atoms with Gasteiger partial charge in [0, 0.05) is 38.7 Å². The monoisotopic (exact) mass is 364 g/mol. The van der Waals surface area contributed by atoms with Gasteiger partial charge in [0.05, 0.1) is 24.9 Å². The maximum absolute atomic E-state index is 5.93. The molecule has 2 saturated heterocycles. The number of guanidine groups is 1. The van der Waals surface area contributed by atoms with Crippen LogP contribution in [0.5, 0.6) is 0 Å². The lowest BCUT2D eigenvalue weighted by Crippen LogP contribution is -2.53. The third-order valence-corrected chi connectivity index (χ3v) is 5.39. The van der Waals surface area contributed by atoms with Crippen molar-refractivity contribution in [2.45, 2.75) is 64.2 Å². The normalized spacial score (nSPS) is 24.5. The Morgan fingerprint density at radius 3 is 2.81 bits per heavy atom. The molecule has 26 heavy (non-hydrogen) atoms. The Labute approximate surface area is 156 Å². The molecule has 2 atom stereocenters. The average Bonchev–Trinajstić information content (AvgIpc) is 3.36. The summed E-state index contributed by atoms with van der Waals surface area (Å²) < 4.78 is 17.2. The average molecular weight is 364 g/mol. The Hall–Kier alpha value is -1.60. The van der Waals surface area contributed by atoms with Crippen molar-refractivity contribution >= 4 is 5.96 Å². The molecule has 2 unspecified atom stereocenters. The van der Waals surface area contributed by atoms with Crippen LogP contribution in [0.4, 0.5) is 0 Å². The molecule has 0 bridgehead atoms. The van der Waals surface area contributed by atoms with E-state index in [-0.39, 0.29) is 12.2 Å². The molecule has 7 nitrogen and oxygen atoms in total. The molecule has 7 heteroatoms. The van der Waals surface area contributed by atoms with Crippen LogP contribution in [0.15, 0.2) is 15.6 Å². The minimum atomic E-state index is 0.122. The van der Waals surface area contributed by atoms with Crippen molar-refractivity contribution in [3.63, 3.8) is 0 Å². The molecule has 3 heterocycles. The van der Waals surface area contributed by atoms with Crippen LogP contribution in [-0.2, 0) is 16.0 Å². The van der Waals surface area contributed by atoms with Gasteiger partial charge in [-0.05, 0) is 25.7 Å². The van der Waals surface area contributed by atoms with Gasteiger partial charge in [0.1, 0.15) is 6.10 Å². The fourth-order valence-corrected chi connectivity index (χ4v) is 3.80. The van der Waals surface area contributed by atoms with E-state index >= 15 is 0 Å². The lowest BCUT2D eigenvalue weighted by molar-refractivity contribution is -0.0817. The van der Waals surface area contributed by atoms with Crippen molar-refractivity contribution in [3.05, 3.63) is 17.5 Å². The molecule has 146 valence electrons. The predicted octanol–water partition coefficient (Wildman–Crippen LogP) is 2.53. The van der Waals surface area contributed by atoms with Crippen LogP contribution in [0, 0.1) is 0 Å². The molecular weight excluding hydrogens is 332 g/mol. The van der Waals surface area contributed by atoms with Crippen molar-refractivity contribution in [1.29, 1.82) is 0 Å². The van der Waals surface area contributed by atoms with Gasteiger partial charge in [0.2, 0.25) is 0 Å². The lowest BCUT2D eigenvalue weighted by Gasteiger charge is -2.37. The van der Waals surface area contributed by atoms with E-state index in [0.29, 0.717) is 19.1 Å². The van der Waals surface area contributed by atoms with Crippen LogP contribution in [0.25, 0.3) is 0 Å². The Bertz CT molecular complexity index is 579. The standard InChI is InChI=1S/C19H32N4O3/c1-4-14(5-2)16-11-15(26-22-16)12-21-19(20-3)23-8-10-25-18(13-23)17-7-6-9-24-17/h11,14,17-18H,4-10,12-13H2,1-3H3,(H,20,21). The van der Waals surface area contributed by atoms with Gasteiger partial charge >= 0.3 is 0 Å². The zero-order chi connectivity index (χ0) is 18.4. The van der Waals surface area contributed by atoms with Gasteiger partial charge in [0.15, 0.2) is 11.7 Å². The van der Waals surface area contributed by atoms with Crippen molar-refractivity contribution < 1.29 is 14.0 Å². The topological polar surface area (TPSA) is 72.1 Å². The zero-order valence-electron chi connectivity index (χ0n) is 16.2. The summed E-state index contributed by atoms with van der Waals surface area (Å²) in [7, 11) is 1.81. The van der Waals surface area contributed by atoms with E-state index < -0.39 is 0 Å². The van der Waals surface area contributed by atoms with Crippen molar-refractivity contribution in [2.24, 2.45) is 4.99 Å². The molecule has 2 fully saturated rings. The molecule has 0 spiro atoms. The van der Waals surface area contributed by atoms with Gasteiger partial charge in [-0.2, -0.15) is 0 Å². The Balaban J connectivity index is 1.54. The minimum absolute atomic E-state index is 0.122. The summed E-state index contributed by atoms with van der Waals surface area (Å²) in [4.78, 5) is 6.68. The van der Waals surface area contributed by atoms with E-state index in [4.69, 9.17) is 14.0 Å². The van der Waals surface area contributed by atoms with Gasteiger partial charge < -0.3 is 24.2 Å². The van der Waals surface area contributed by atoms with E-state index in [1.54, 1.807) is 0 Å². The Morgan fingerprint density at radius 1 is 1.31 bits per heavy atom. The van der Waals surface area contributed by atoms with Crippen LogP contribution in [0.3, 0.4) is 0 Å². The zero-order valence-corrected chi connectivity index (χ0v) is 16.2. The summed E-state index contributed by atoms with van der Waals surface area (Å²) in [6.45, 7) is 8.14. The van der Waals surface area contributed by atoms with Crippen LogP contribution in [-0.4, -0.2) is 61.6 Å². The third-order valence-electron chi connectivity index (χ3n) is 5.39. The largest absolute Gasteiger partial charge is 0.375 e. The minimum Gasteiger partial charge on any atom is -0.375 e. The van der Waals surface area contributed by atoms with Crippen LogP contribution in [0.2, 0.25) is 0 Å². The summed E-state index contributed by atoms with van der Waals surface area (Å²) >= 11 is 0. The number of aromatic nitrogens is 1. The van der Waals surface area contributed by atoms with E-state index in [0.717, 1.165) is 62.8 Å². The molecule has 0 saturated carbocycles. The molecule has 0 aliphatic carbocycles.